The molecule has 1 atom stereocenters. The lowest BCUT2D eigenvalue weighted by Gasteiger charge is -2.15. The Bertz CT molecular complexity index is 1330. The van der Waals surface area contributed by atoms with E-state index >= 15 is 0 Å². The smallest absolute Gasteiger partial charge is 0.237 e. The first kappa shape index (κ1) is 21.8. The van der Waals surface area contributed by atoms with E-state index in [0.717, 1.165) is 11.3 Å². The number of thioether (sulfide) groups is 1. The monoisotopic (exact) mass is 474 g/mol. The van der Waals surface area contributed by atoms with Gasteiger partial charge < -0.3 is 19.5 Å². The van der Waals surface area contributed by atoms with Gasteiger partial charge in [0.15, 0.2) is 22.5 Å². The summed E-state index contributed by atoms with van der Waals surface area (Å²) in [6.07, 6.45) is 0. The lowest BCUT2D eigenvalue weighted by Crippen LogP contribution is -2.22. The number of para-hydroxylation sites is 2. The van der Waals surface area contributed by atoms with Crippen LogP contribution in [-0.2, 0) is 4.79 Å². The van der Waals surface area contributed by atoms with E-state index in [1.807, 2.05) is 66.1 Å². The summed E-state index contributed by atoms with van der Waals surface area (Å²) < 4.78 is 18.2. The normalized spacial score (nSPS) is 12.9. The minimum atomic E-state index is -0.442. The van der Waals surface area contributed by atoms with E-state index in [2.05, 4.69) is 15.5 Å². The van der Waals surface area contributed by atoms with Crippen LogP contribution in [0.5, 0.6) is 17.2 Å². The van der Waals surface area contributed by atoms with E-state index in [4.69, 9.17) is 14.2 Å². The molecular formula is C25H22N4O4S. The molecule has 0 aliphatic carbocycles. The number of nitrogens with zero attached hydrogens (tertiary/aromatic N) is 3. The maximum Gasteiger partial charge on any atom is 0.237 e. The van der Waals surface area contributed by atoms with Crippen molar-refractivity contribution >= 4 is 23.4 Å². The van der Waals surface area contributed by atoms with E-state index in [1.165, 1.54) is 11.8 Å². The molecule has 8 nitrogen and oxygen atoms in total. The number of fused-ring (bicyclic) bond motifs is 1. The number of carbonyl (C=O) groups excluding carboxylic acids is 1. The number of ether oxygens (including phenoxy) is 3. The molecule has 0 radical (unpaired) electrons. The molecule has 1 aromatic heterocycles. The van der Waals surface area contributed by atoms with E-state index in [1.54, 1.807) is 25.3 Å². The zero-order valence-electron chi connectivity index (χ0n) is 18.6. The fourth-order valence-corrected chi connectivity index (χ4v) is 4.46. The van der Waals surface area contributed by atoms with Crippen molar-refractivity contribution in [2.24, 2.45) is 0 Å². The second-order valence-electron chi connectivity index (χ2n) is 7.49. The standard InChI is InChI=1S/C25H22N4O4S/c1-16(24(30)26-17-12-13-21-22(14-17)33-15-32-21)34-25-28-27-23(19-10-6-7-11-20(19)31-2)29(25)18-8-4-3-5-9-18/h3-14,16H,15H2,1-2H3,(H,26,30)/t16-/m0/s1. The van der Waals surface area contributed by atoms with Crippen LogP contribution in [0.3, 0.4) is 0 Å². The highest BCUT2D eigenvalue weighted by Gasteiger charge is 2.24. The third kappa shape index (κ3) is 4.29. The average Bonchev–Trinajstić information content (AvgIpc) is 3.51. The summed E-state index contributed by atoms with van der Waals surface area (Å²) in [5.41, 5.74) is 2.34. The number of hydrogen-bond acceptors (Lipinski definition) is 7. The molecule has 5 rings (SSSR count). The summed E-state index contributed by atoms with van der Waals surface area (Å²) in [4.78, 5) is 13.0. The Morgan fingerprint density at radius 3 is 2.62 bits per heavy atom. The van der Waals surface area contributed by atoms with Crippen molar-refractivity contribution in [3.05, 3.63) is 72.8 Å². The number of benzene rings is 3. The van der Waals surface area contributed by atoms with Gasteiger partial charge in [-0.2, -0.15) is 0 Å². The molecule has 2 heterocycles. The van der Waals surface area contributed by atoms with Gasteiger partial charge in [0, 0.05) is 17.4 Å². The van der Waals surface area contributed by atoms with Gasteiger partial charge >= 0.3 is 0 Å². The maximum absolute atomic E-state index is 13.0. The van der Waals surface area contributed by atoms with Crippen LogP contribution in [0.25, 0.3) is 17.1 Å². The molecule has 34 heavy (non-hydrogen) atoms. The molecule has 0 bridgehead atoms. The molecule has 1 amide bonds. The summed E-state index contributed by atoms with van der Waals surface area (Å²) in [6, 6.07) is 22.8. The molecule has 0 saturated heterocycles. The van der Waals surface area contributed by atoms with Crippen molar-refractivity contribution in [3.63, 3.8) is 0 Å². The molecule has 0 spiro atoms. The van der Waals surface area contributed by atoms with Crippen molar-refractivity contribution in [2.45, 2.75) is 17.3 Å². The summed E-state index contributed by atoms with van der Waals surface area (Å²) in [7, 11) is 1.63. The van der Waals surface area contributed by atoms with Gasteiger partial charge in [0.05, 0.1) is 17.9 Å². The number of methoxy groups -OCH3 is 1. The van der Waals surface area contributed by atoms with Gasteiger partial charge in [0.2, 0.25) is 12.7 Å². The highest BCUT2D eigenvalue weighted by atomic mass is 32.2. The first-order valence-electron chi connectivity index (χ1n) is 10.7. The van der Waals surface area contributed by atoms with Crippen molar-refractivity contribution in [3.8, 4) is 34.3 Å². The largest absolute Gasteiger partial charge is 0.496 e. The summed E-state index contributed by atoms with van der Waals surface area (Å²) in [6.45, 7) is 2.02. The molecule has 0 unspecified atom stereocenters. The van der Waals surface area contributed by atoms with E-state index in [0.29, 0.717) is 33.9 Å². The second-order valence-corrected chi connectivity index (χ2v) is 8.80. The fraction of sp³-hybridized carbons (Fsp3) is 0.160. The summed E-state index contributed by atoms with van der Waals surface area (Å²) in [5, 5.41) is 12.0. The van der Waals surface area contributed by atoms with Crippen LogP contribution in [0.1, 0.15) is 6.92 Å². The van der Waals surface area contributed by atoms with E-state index in [9.17, 15) is 4.79 Å². The first-order valence-corrected chi connectivity index (χ1v) is 11.5. The highest BCUT2D eigenvalue weighted by Crippen LogP contribution is 2.36. The molecular weight excluding hydrogens is 452 g/mol. The van der Waals surface area contributed by atoms with Crippen LogP contribution in [0.15, 0.2) is 78.0 Å². The Hall–Kier alpha value is -3.98. The Balaban J connectivity index is 1.43. The molecule has 9 heteroatoms. The molecule has 1 aliphatic rings. The van der Waals surface area contributed by atoms with Gasteiger partial charge in [-0.1, -0.05) is 42.1 Å². The number of nitrogens with one attached hydrogen (secondary N) is 1. The van der Waals surface area contributed by atoms with Gasteiger partial charge in [-0.15, -0.1) is 10.2 Å². The average molecular weight is 475 g/mol. The van der Waals surface area contributed by atoms with Crippen LogP contribution < -0.4 is 19.5 Å². The molecule has 4 aromatic rings. The predicted octanol–water partition coefficient (Wildman–Crippen LogP) is 4.79. The topological polar surface area (TPSA) is 87.5 Å². The van der Waals surface area contributed by atoms with Crippen LogP contribution in [0.4, 0.5) is 5.69 Å². The van der Waals surface area contributed by atoms with Gasteiger partial charge in [-0.3, -0.25) is 9.36 Å². The van der Waals surface area contributed by atoms with Crippen molar-refractivity contribution in [1.29, 1.82) is 0 Å². The van der Waals surface area contributed by atoms with Gasteiger partial charge in [0.1, 0.15) is 5.75 Å². The third-order valence-corrected chi connectivity index (χ3v) is 6.33. The predicted molar refractivity (Wildman–Crippen MR) is 130 cm³/mol. The Morgan fingerprint density at radius 1 is 1.03 bits per heavy atom. The number of carbonyl (C=O) groups is 1. The zero-order chi connectivity index (χ0) is 23.5. The van der Waals surface area contributed by atoms with Gasteiger partial charge in [-0.05, 0) is 43.3 Å². The minimum absolute atomic E-state index is 0.162. The van der Waals surface area contributed by atoms with Crippen molar-refractivity contribution < 1.29 is 19.0 Å². The molecule has 0 saturated carbocycles. The number of amides is 1. The van der Waals surface area contributed by atoms with Gasteiger partial charge in [0.25, 0.3) is 0 Å². The third-order valence-electron chi connectivity index (χ3n) is 5.29. The lowest BCUT2D eigenvalue weighted by molar-refractivity contribution is -0.115. The van der Waals surface area contributed by atoms with Crippen LogP contribution in [-0.4, -0.2) is 39.8 Å². The molecule has 1 aliphatic heterocycles. The van der Waals surface area contributed by atoms with Crippen LogP contribution >= 0.6 is 11.8 Å². The van der Waals surface area contributed by atoms with Crippen molar-refractivity contribution in [1.82, 2.24) is 14.8 Å². The number of aromatic nitrogens is 3. The van der Waals surface area contributed by atoms with Crippen molar-refractivity contribution in [2.75, 3.05) is 19.2 Å². The summed E-state index contributed by atoms with van der Waals surface area (Å²) in [5.74, 6) is 2.45. The van der Waals surface area contributed by atoms with E-state index in [-0.39, 0.29) is 12.7 Å². The number of anilines is 1. The van der Waals surface area contributed by atoms with E-state index < -0.39 is 5.25 Å². The Morgan fingerprint density at radius 2 is 1.79 bits per heavy atom. The molecule has 1 N–H and O–H groups in total. The Labute approximate surface area is 200 Å². The van der Waals surface area contributed by atoms with Crippen LogP contribution in [0.2, 0.25) is 0 Å². The number of hydrogen-bond donors (Lipinski definition) is 1. The first-order chi connectivity index (χ1) is 16.6. The Kier molecular flexibility index (Phi) is 6.09. The lowest BCUT2D eigenvalue weighted by atomic mass is 10.2. The number of rotatable bonds is 7. The zero-order valence-corrected chi connectivity index (χ0v) is 19.4. The minimum Gasteiger partial charge on any atom is -0.496 e. The molecule has 0 fully saturated rings. The fourth-order valence-electron chi connectivity index (χ4n) is 3.59. The van der Waals surface area contributed by atoms with Gasteiger partial charge in [-0.25, -0.2) is 0 Å². The molecule has 172 valence electrons. The SMILES string of the molecule is COc1ccccc1-c1nnc(S[C@@H](C)C(=O)Nc2ccc3c(c2)OCO3)n1-c1ccccc1. The highest BCUT2D eigenvalue weighted by molar-refractivity contribution is 8.00. The van der Waals surface area contributed by atoms with Crippen LogP contribution in [0, 0.1) is 0 Å². The second kappa shape index (κ2) is 9.48. The molecule has 3 aromatic carbocycles. The summed E-state index contributed by atoms with van der Waals surface area (Å²) >= 11 is 1.33. The maximum atomic E-state index is 13.0. The quantitative estimate of drug-likeness (QED) is 0.385.